The molecule has 5 rings (SSSR count). The van der Waals surface area contributed by atoms with Crippen LogP contribution in [0.15, 0.2) is 57.8 Å². The Morgan fingerprint density at radius 1 is 0.971 bits per heavy atom. The molecular weight excluding hydrogens is 474 g/mol. The summed E-state index contributed by atoms with van der Waals surface area (Å²) in [7, 11) is -3.78. The van der Waals surface area contributed by atoms with E-state index in [0.717, 1.165) is 11.1 Å². The summed E-state index contributed by atoms with van der Waals surface area (Å²) >= 11 is 0. The van der Waals surface area contributed by atoms with Crippen LogP contribution >= 0.6 is 0 Å². The number of para-hydroxylation sites is 2. The number of benzene rings is 2. The summed E-state index contributed by atoms with van der Waals surface area (Å²) in [6.45, 7) is 2.34. The Morgan fingerprint density at radius 3 is 2.26 bits per heavy atom. The highest BCUT2D eigenvalue weighted by Gasteiger charge is 2.34. The fourth-order valence-corrected chi connectivity index (χ4v) is 6.03. The van der Waals surface area contributed by atoms with E-state index in [1.807, 2.05) is 24.3 Å². The van der Waals surface area contributed by atoms with E-state index in [0.29, 0.717) is 45.0 Å². The number of anilines is 1. The van der Waals surface area contributed by atoms with Gasteiger partial charge in [-0.25, -0.2) is 8.42 Å². The van der Waals surface area contributed by atoms with Crippen LogP contribution in [0.25, 0.3) is 11.1 Å². The molecule has 11 nitrogen and oxygen atoms in total. The number of nitro groups is 1. The van der Waals surface area contributed by atoms with E-state index in [-0.39, 0.29) is 35.5 Å². The Kier molecular flexibility index (Phi) is 6.15. The van der Waals surface area contributed by atoms with Gasteiger partial charge in [-0.3, -0.25) is 14.9 Å². The van der Waals surface area contributed by atoms with Crippen LogP contribution in [0.2, 0.25) is 0 Å². The van der Waals surface area contributed by atoms with E-state index in [9.17, 15) is 23.3 Å². The predicted molar refractivity (Wildman–Crippen MR) is 127 cm³/mol. The molecule has 12 heteroatoms. The normalized spacial score (nSPS) is 18.2. The zero-order chi connectivity index (χ0) is 24.6. The Labute approximate surface area is 202 Å². The molecule has 0 bridgehead atoms. The molecule has 0 spiro atoms. The Bertz CT molecular complexity index is 1310. The maximum Gasteiger partial charge on any atom is 0.298 e. The Morgan fingerprint density at radius 2 is 1.63 bits per heavy atom. The standard InChI is InChI=1S/C23H25N5O6S/c29-22(17-9-11-26(12-10-17)23-24-20-3-1-2-4-21(20)34-23)25-13-15-27(16-14-25)35(32,33)19-7-5-18(6-8-19)28(30)31/h1-8,17H,9-16H2. The lowest BCUT2D eigenvalue weighted by Crippen LogP contribution is -2.52. The van der Waals surface area contributed by atoms with Crippen molar-refractivity contribution in [2.75, 3.05) is 44.2 Å². The lowest BCUT2D eigenvalue weighted by Gasteiger charge is -2.37. The molecule has 2 aliphatic heterocycles. The van der Waals surface area contributed by atoms with E-state index in [4.69, 9.17) is 4.42 Å². The summed E-state index contributed by atoms with van der Waals surface area (Å²) in [5.74, 6) is -0.0666. The van der Waals surface area contributed by atoms with Crippen LogP contribution in [0.3, 0.4) is 0 Å². The number of amides is 1. The van der Waals surface area contributed by atoms with Gasteiger partial charge in [-0.15, -0.1) is 0 Å². The van der Waals surface area contributed by atoms with Crippen molar-refractivity contribution in [2.45, 2.75) is 17.7 Å². The number of piperazine rings is 1. The molecule has 184 valence electrons. The molecule has 2 fully saturated rings. The molecule has 2 aromatic carbocycles. The summed E-state index contributed by atoms with van der Waals surface area (Å²) in [5.41, 5.74) is 1.38. The van der Waals surface area contributed by atoms with E-state index < -0.39 is 14.9 Å². The maximum absolute atomic E-state index is 13.1. The van der Waals surface area contributed by atoms with E-state index in [2.05, 4.69) is 9.88 Å². The van der Waals surface area contributed by atoms with Crippen molar-refractivity contribution < 1.29 is 22.6 Å². The smallest absolute Gasteiger partial charge is 0.298 e. The largest absolute Gasteiger partial charge is 0.423 e. The second-order valence-electron chi connectivity index (χ2n) is 8.71. The average molecular weight is 500 g/mol. The molecule has 2 aliphatic rings. The van der Waals surface area contributed by atoms with Crippen LogP contribution in [0, 0.1) is 16.0 Å². The number of hydrogen-bond donors (Lipinski definition) is 0. The summed E-state index contributed by atoms with van der Waals surface area (Å²) in [6, 6.07) is 13.0. The van der Waals surface area contributed by atoms with Crippen molar-refractivity contribution in [1.29, 1.82) is 0 Å². The van der Waals surface area contributed by atoms with E-state index in [1.165, 1.54) is 28.6 Å². The Balaban J connectivity index is 1.15. The van der Waals surface area contributed by atoms with Gasteiger partial charge >= 0.3 is 0 Å². The zero-order valence-electron chi connectivity index (χ0n) is 18.9. The number of oxazole rings is 1. The van der Waals surface area contributed by atoms with E-state index in [1.54, 1.807) is 4.90 Å². The molecule has 0 aliphatic carbocycles. The second kappa shape index (κ2) is 9.27. The first-order chi connectivity index (χ1) is 16.8. The van der Waals surface area contributed by atoms with Crippen LogP contribution in [-0.4, -0.2) is 72.7 Å². The molecule has 0 N–H and O–H groups in total. The number of carbonyl (C=O) groups is 1. The second-order valence-corrected chi connectivity index (χ2v) is 10.6. The topological polar surface area (TPSA) is 130 Å². The van der Waals surface area contributed by atoms with Crippen LogP contribution < -0.4 is 4.90 Å². The number of non-ortho nitro benzene ring substituents is 1. The van der Waals surface area contributed by atoms with Gasteiger partial charge < -0.3 is 14.2 Å². The minimum atomic E-state index is -3.78. The number of carbonyl (C=O) groups excluding carboxylic acids is 1. The molecule has 35 heavy (non-hydrogen) atoms. The van der Waals surface area contributed by atoms with Crippen LogP contribution in [0.4, 0.5) is 11.7 Å². The SMILES string of the molecule is O=C(C1CCN(c2nc3ccccc3o2)CC1)N1CCN(S(=O)(=O)c2ccc([N+](=O)[O-])cc2)CC1. The first-order valence-electron chi connectivity index (χ1n) is 11.5. The molecule has 3 aromatic rings. The van der Waals surface area contributed by atoms with Gasteiger partial charge in [0, 0.05) is 57.3 Å². The van der Waals surface area contributed by atoms with Gasteiger partial charge in [-0.2, -0.15) is 9.29 Å². The molecule has 0 radical (unpaired) electrons. The van der Waals surface area contributed by atoms with Gasteiger partial charge in [0.15, 0.2) is 5.58 Å². The fraction of sp³-hybridized carbons (Fsp3) is 0.391. The molecule has 1 aromatic heterocycles. The van der Waals surface area contributed by atoms with Crippen molar-refractivity contribution in [2.24, 2.45) is 5.92 Å². The average Bonchev–Trinajstić information content (AvgIpc) is 3.33. The fourth-order valence-electron chi connectivity index (χ4n) is 4.61. The number of fused-ring (bicyclic) bond motifs is 1. The van der Waals surface area contributed by atoms with Crippen molar-refractivity contribution in [1.82, 2.24) is 14.2 Å². The summed E-state index contributed by atoms with van der Waals surface area (Å²) < 4.78 is 33.0. The number of piperidine rings is 1. The van der Waals surface area contributed by atoms with Crippen LogP contribution in [-0.2, 0) is 14.8 Å². The molecule has 0 atom stereocenters. The summed E-state index contributed by atoms with van der Waals surface area (Å²) in [6.07, 6.45) is 1.36. The minimum Gasteiger partial charge on any atom is -0.423 e. The van der Waals surface area contributed by atoms with Crippen LogP contribution in [0.1, 0.15) is 12.8 Å². The van der Waals surface area contributed by atoms with Crippen molar-refractivity contribution in [3.05, 3.63) is 58.6 Å². The third-order valence-corrected chi connectivity index (χ3v) is 8.55. The molecule has 0 saturated carbocycles. The van der Waals surface area contributed by atoms with Crippen molar-refractivity contribution in [3.63, 3.8) is 0 Å². The number of nitrogens with zero attached hydrogens (tertiary/aromatic N) is 5. The summed E-state index contributed by atoms with van der Waals surface area (Å²) in [4.78, 5) is 31.7. The first-order valence-corrected chi connectivity index (χ1v) is 12.9. The molecule has 1 amide bonds. The number of sulfonamides is 1. The number of rotatable bonds is 5. The first kappa shape index (κ1) is 23.2. The number of aromatic nitrogens is 1. The van der Waals surface area contributed by atoms with Crippen molar-refractivity contribution >= 4 is 38.7 Å². The summed E-state index contributed by atoms with van der Waals surface area (Å²) in [5, 5.41) is 10.8. The zero-order valence-corrected chi connectivity index (χ0v) is 19.8. The van der Waals surface area contributed by atoms with Crippen LogP contribution in [0.5, 0.6) is 0 Å². The van der Waals surface area contributed by atoms with Crippen molar-refractivity contribution in [3.8, 4) is 0 Å². The quantitative estimate of drug-likeness (QED) is 0.387. The van der Waals surface area contributed by atoms with Gasteiger partial charge in [0.05, 0.1) is 9.82 Å². The number of hydrogen-bond acceptors (Lipinski definition) is 8. The monoisotopic (exact) mass is 499 g/mol. The van der Waals surface area contributed by atoms with Gasteiger partial charge in [-0.1, -0.05) is 12.1 Å². The van der Waals surface area contributed by atoms with Gasteiger partial charge in [-0.05, 0) is 37.1 Å². The molecule has 3 heterocycles. The van der Waals surface area contributed by atoms with Gasteiger partial charge in [0.1, 0.15) is 5.52 Å². The molecule has 2 saturated heterocycles. The molecule has 0 unspecified atom stereocenters. The van der Waals surface area contributed by atoms with E-state index >= 15 is 0 Å². The van der Waals surface area contributed by atoms with Gasteiger partial charge in [0.2, 0.25) is 15.9 Å². The highest BCUT2D eigenvalue weighted by molar-refractivity contribution is 7.89. The predicted octanol–water partition coefficient (Wildman–Crippen LogP) is 2.49. The Hall–Kier alpha value is -3.51. The minimum absolute atomic E-state index is 0.00875. The number of nitro benzene ring substituents is 1. The highest BCUT2D eigenvalue weighted by atomic mass is 32.2. The van der Waals surface area contributed by atoms with Gasteiger partial charge in [0.25, 0.3) is 11.7 Å². The third kappa shape index (κ3) is 4.58. The maximum atomic E-state index is 13.1. The lowest BCUT2D eigenvalue weighted by molar-refractivity contribution is -0.384. The highest BCUT2D eigenvalue weighted by Crippen LogP contribution is 2.28. The third-order valence-electron chi connectivity index (χ3n) is 6.63. The lowest BCUT2D eigenvalue weighted by atomic mass is 9.95. The molecular formula is C23H25N5O6S.